The molecule has 0 fully saturated rings. The minimum atomic E-state index is -3.61. The zero-order valence-corrected chi connectivity index (χ0v) is 14.6. The van der Waals surface area contributed by atoms with Crippen LogP contribution in [0.15, 0.2) is 47.5 Å². The molecule has 24 heavy (non-hydrogen) atoms. The number of rotatable bonds is 7. The molecule has 0 radical (unpaired) electrons. The first-order valence-corrected chi connectivity index (χ1v) is 9.24. The third-order valence-corrected chi connectivity index (χ3v) is 4.84. The lowest BCUT2D eigenvalue weighted by Gasteiger charge is -2.09. The van der Waals surface area contributed by atoms with E-state index in [4.69, 9.17) is 0 Å². The number of aryl methyl sites for hydroxylation is 1. The van der Waals surface area contributed by atoms with E-state index in [-0.39, 0.29) is 10.5 Å². The van der Waals surface area contributed by atoms with Crippen molar-refractivity contribution >= 4 is 21.7 Å². The van der Waals surface area contributed by atoms with Crippen LogP contribution in [0.4, 0.5) is 5.82 Å². The molecule has 0 saturated heterocycles. The third kappa shape index (κ3) is 4.87. The summed E-state index contributed by atoms with van der Waals surface area (Å²) in [4.78, 5) is 16.4. The zero-order chi connectivity index (χ0) is 17.6. The fourth-order valence-corrected chi connectivity index (χ4v) is 3.18. The molecular weight excluding hydrogens is 326 g/mol. The number of benzene rings is 1. The molecule has 1 amide bonds. The number of hydrogen-bond donors (Lipinski definition) is 2. The van der Waals surface area contributed by atoms with Crippen molar-refractivity contribution in [2.75, 3.05) is 11.9 Å². The summed E-state index contributed by atoms with van der Waals surface area (Å²) >= 11 is 0. The lowest BCUT2D eigenvalue weighted by molar-refractivity contribution is 0.102. The minimum absolute atomic E-state index is 0.0726. The number of carbonyl (C=O) groups is 1. The summed E-state index contributed by atoms with van der Waals surface area (Å²) in [5.74, 6) is 0.0213. The second-order valence-electron chi connectivity index (χ2n) is 5.45. The van der Waals surface area contributed by atoms with Gasteiger partial charge in [-0.25, -0.2) is 18.1 Å². The van der Waals surface area contributed by atoms with Crippen LogP contribution in [0.2, 0.25) is 0 Å². The van der Waals surface area contributed by atoms with Crippen LogP contribution in [-0.4, -0.2) is 25.9 Å². The summed E-state index contributed by atoms with van der Waals surface area (Å²) in [5, 5.41) is 2.66. The number of amides is 1. The molecule has 0 aliphatic carbocycles. The van der Waals surface area contributed by atoms with E-state index < -0.39 is 15.9 Å². The van der Waals surface area contributed by atoms with Crippen LogP contribution in [0.3, 0.4) is 0 Å². The maximum atomic E-state index is 12.3. The van der Waals surface area contributed by atoms with Crippen LogP contribution in [0.5, 0.6) is 0 Å². The van der Waals surface area contributed by atoms with Gasteiger partial charge in [0.1, 0.15) is 5.82 Å². The van der Waals surface area contributed by atoms with Gasteiger partial charge in [-0.15, -0.1) is 0 Å². The molecule has 0 aliphatic rings. The molecule has 0 atom stereocenters. The highest BCUT2D eigenvalue weighted by Crippen LogP contribution is 2.14. The van der Waals surface area contributed by atoms with Gasteiger partial charge in [0.05, 0.1) is 4.90 Å². The highest BCUT2D eigenvalue weighted by Gasteiger charge is 2.16. The number of nitrogens with one attached hydrogen (secondary N) is 2. The molecule has 0 bridgehead atoms. The van der Waals surface area contributed by atoms with Gasteiger partial charge in [-0.1, -0.05) is 19.4 Å². The van der Waals surface area contributed by atoms with Gasteiger partial charge in [-0.05, 0) is 49.2 Å². The second kappa shape index (κ2) is 8.03. The summed E-state index contributed by atoms with van der Waals surface area (Å²) in [6.45, 7) is 4.26. The summed E-state index contributed by atoms with van der Waals surface area (Å²) in [6.07, 6.45) is 3.26. The van der Waals surface area contributed by atoms with E-state index in [1.807, 2.05) is 19.9 Å². The van der Waals surface area contributed by atoms with Gasteiger partial charge in [0.15, 0.2) is 0 Å². The quantitative estimate of drug-likeness (QED) is 0.754. The van der Waals surface area contributed by atoms with E-state index >= 15 is 0 Å². The summed E-state index contributed by atoms with van der Waals surface area (Å²) in [7, 11) is -3.61. The van der Waals surface area contributed by atoms with Crippen molar-refractivity contribution in [3.8, 4) is 0 Å². The van der Waals surface area contributed by atoms with Crippen LogP contribution < -0.4 is 10.0 Å². The maximum absolute atomic E-state index is 12.3. The zero-order valence-electron chi connectivity index (χ0n) is 13.7. The molecule has 7 heteroatoms. The Morgan fingerprint density at radius 2 is 2.00 bits per heavy atom. The predicted octanol–water partition coefficient (Wildman–Crippen LogP) is 2.72. The van der Waals surface area contributed by atoms with Crippen LogP contribution in [0.1, 0.15) is 35.7 Å². The van der Waals surface area contributed by atoms with Gasteiger partial charge in [0.2, 0.25) is 10.0 Å². The predicted molar refractivity (Wildman–Crippen MR) is 93.5 cm³/mol. The number of aromatic nitrogens is 1. The van der Waals surface area contributed by atoms with Crippen LogP contribution in [0, 0.1) is 6.92 Å². The summed E-state index contributed by atoms with van der Waals surface area (Å²) in [5.41, 5.74) is 1.23. The SMILES string of the molecule is CCCCNS(=O)(=O)c1cccc(C(=O)Nc2cc(C)ccn2)c1. The van der Waals surface area contributed by atoms with E-state index in [1.165, 1.54) is 12.1 Å². The lowest BCUT2D eigenvalue weighted by Crippen LogP contribution is -2.25. The standard InChI is InChI=1S/C17H21N3O3S/c1-3-4-9-19-24(22,23)15-7-5-6-14(12-15)17(21)20-16-11-13(2)8-10-18-16/h5-8,10-12,19H,3-4,9H2,1-2H3,(H,18,20,21). The first-order valence-electron chi connectivity index (χ1n) is 7.76. The number of pyridine rings is 1. The fourth-order valence-electron chi connectivity index (χ4n) is 2.06. The van der Waals surface area contributed by atoms with Gasteiger partial charge in [0.25, 0.3) is 5.91 Å². The third-order valence-electron chi connectivity index (χ3n) is 3.39. The van der Waals surface area contributed by atoms with Gasteiger partial charge < -0.3 is 5.32 Å². The van der Waals surface area contributed by atoms with Crippen molar-refractivity contribution < 1.29 is 13.2 Å². The van der Waals surface area contributed by atoms with Crippen molar-refractivity contribution in [1.29, 1.82) is 0 Å². The van der Waals surface area contributed by atoms with Gasteiger partial charge in [0, 0.05) is 18.3 Å². The Bertz CT molecular complexity index is 819. The van der Waals surface area contributed by atoms with E-state index in [1.54, 1.807) is 24.4 Å². The highest BCUT2D eigenvalue weighted by molar-refractivity contribution is 7.89. The molecule has 0 unspecified atom stereocenters. The Labute approximate surface area is 142 Å². The molecule has 0 aliphatic heterocycles. The number of unbranched alkanes of at least 4 members (excludes halogenated alkanes) is 1. The van der Waals surface area contributed by atoms with Crippen LogP contribution in [0.25, 0.3) is 0 Å². The lowest BCUT2D eigenvalue weighted by atomic mass is 10.2. The largest absolute Gasteiger partial charge is 0.307 e. The average Bonchev–Trinajstić information content (AvgIpc) is 2.55. The average molecular weight is 347 g/mol. The first kappa shape index (κ1) is 18.1. The molecule has 2 aromatic rings. The van der Waals surface area contributed by atoms with Crippen LogP contribution in [-0.2, 0) is 10.0 Å². The molecule has 2 rings (SSSR count). The van der Waals surface area contributed by atoms with Crippen molar-refractivity contribution in [2.24, 2.45) is 0 Å². The smallest absolute Gasteiger partial charge is 0.256 e. The Kier molecular flexibility index (Phi) is 6.05. The maximum Gasteiger partial charge on any atom is 0.256 e. The molecule has 1 aromatic carbocycles. The second-order valence-corrected chi connectivity index (χ2v) is 7.22. The Morgan fingerprint density at radius 1 is 1.21 bits per heavy atom. The summed E-state index contributed by atoms with van der Waals surface area (Å²) < 4.78 is 27.0. The van der Waals surface area contributed by atoms with E-state index in [0.29, 0.717) is 12.4 Å². The van der Waals surface area contributed by atoms with Crippen LogP contribution >= 0.6 is 0 Å². The number of anilines is 1. The number of hydrogen-bond acceptors (Lipinski definition) is 4. The Hall–Kier alpha value is -2.25. The molecular formula is C17H21N3O3S. The van der Waals surface area contributed by atoms with Crippen molar-refractivity contribution in [1.82, 2.24) is 9.71 Å². The monoisotopic (exact) mass is 347 g/mol. The van der Waals surface area contributed by atoms with Gasteiger partial charge in [-0.2, -0.15) is 0 Å². The van der Waals surface area contributed by atoms with Crippen molar-refractivity contribution in [3.05, 3.63) is 53.7 Å². The van der Waals surface area contributed by atoms with Gasteiger partial charge >= 0.3 is 0 Å². The van der Waals surface area contributed by atoms with E-state index in [2.05, 4.69) is 15.0 Å². The van der Waals surface area contributed by atoms with Gasteiger partial charge in [-0.3, -0.25) is 4.79 Å². The number of sulfonamides is 1. The Morgan fingerprint density at radius 3 is 2.71 bits per heavy atom. The fraction of sp³-hybridized carbons (Fsp3) is 0.294. The van der Waals surface area contributed by atoms with E-state index in [0.717, 1.165) is 18.4 Å². The minimum Gasteiger partial charge on any atom is -0.307 e. The number of carbonyl (C=O) groups excluding carboxylic acids is 1. The van der Waals surface area contributed by atoms with E-state index in [9.17, 15) is 13.2 Å². The molecule has 128 valence electrons. The molecule has 1 heterocycles. The normalized spacial score (nSPS) is 11.2. The molecule has 0 spiro atoms. The first-order chi connectivity index (χ1) is 11.4. The molecule has 0 saturated carbocycles. The molecule has 2 N–H and O–H groups in total. The summed E-state index contributed by atoms with van der Waals surface area (Å²) in [6, 6.07) is 9.51. The highest BCUT2D eigenvalue weighted by atomic mass is 32.2. The molecule has 1 aromatic heterocycles. The topological polar surface area (TPSA) is 88.2 Å². The number of nitrogens with zero attached hydrogens (tertiary/aromatic N) is 1. The Balaban J connectivity index is 2.16. The van der Waals surface area contributed by atoms with Crippen molar-refractivity contribution in [2.45, 2.75) is 31.6 Å². The molecule has 6 nitrogen and oxygen atoms in total. The van der Waals surface area contributed by atoms with Crippen molar-refractivity contribution in [3.63, 3.8) is 0 Å².